The lowest BCUT2D eigenvalue weighted by Gasteiger charge is -2.13. The summed E-state index contributed by atoms with van der Waals surface area (Å²) in [5, 5.41) is 19.1. The van der Waals surface area contributed by atoms with Crippen molar-refractivity contribution in [2.24, 2.45) is 0 Å². The van der Waals surface area contributed by atoms with Crippen LogP contribution in [-0.2, 0) is 13.0 Å². The molecular weight excluding hydrogens is 289 g/mol. The molecule has 0 unspecified atom stereocenters. The molecule has 2 aromatic rings. The summed E-state index contributed by atoms with van der Waals surface area (Å²) in [5.41, 5.74) is 0.327. The first kappa shape index (κ1) is 14.5. The summed E-state index contributed by atoms with van der Waals surface area (Å²) < 4.78 is 16.0. The molecule has 0 spiro atoms. The van der Waals surface area contributed by atoms with Crippen molar-refractivity contribution in [1.29, 1.82) is 0 Å². The quantitative estimate of drug-likeness (QED) is 0.945. The normalized spacial score (nSPS) is 16.3. The zero-order valence-corrected chi connectivity index (χ0v) is 12.7. The second-order valence-corrected chi connectivity index (χ2v) is 6.30. The first-order valence-electron chi connectivity index (χ1n) is 7.23. The number of nitrogens with zero attached hydrogens (tertiary/aromatic N) is 3. The van der Waals surface area contributed by atoms with E-state index in [2.05, 4.69) is 14.8 Å². The molecule has 1 aliphatic rings. The number of hydrogen-bond donors (Lipinski definition) is 1. The molecular formula is C15H18FN3OS. The first-order chi connectivity index (χ1) is 10.2. The third-order valence-electron chi connectivity index (χ3n) is 3.71. The van der Waals surface area contributed by atoms with Crippen LogP contribution in [0.2, 0.25) is 0 Å². The zero-order chi connectivity index (χ0) is 14.8. The maximum Gasteiger partial charge on any atom is 0.196 e. The van der Waals surface area contributed by atoms with Crippen molar-refractivity contribution in [1.82, 2.24) is 14.8 Å². The van der Waals surface area contributed by atoms with Gasteiger partial charge in [0.25, 0.3) is 0 Å². The highest BCUT2D eigenvalue weighted by molar-refractivity contribution is 7.99. The van der Waals surface area contributed by atoms with Gasteiger partial charge in [0.05, 0.1) is 6.10 Å². The van der Waals surface area contributed by atoms with E-state index in [1.54, 1.807) is 13.0 Å². The van der Waals surface area contributed by atoms with Crippen molar-refractivity contribution in [3.63, 3.8) is 0 Å². The number of aliphatic hydroxyl groups is 1. The van der Waals surface area contributed by atoms with E-state index in [9.17, 15) is 9.50 Å². The summed E-state index contributed by atoms with van der Waals surface area (Å²) in [7, 11) is 0. The van der Waals surface area contributed by atoms with E-state index in [1.165, 1.54) is 24.2 Å². The van der Waals surface area contributed by atoms with E-state index in [1.807, 2.05) is 6.07 Å². The molecule has 1 N–H and O–H groups in total. The van der Waals surface area contributed by atoms with E-state index in [4.69, 9.17) is 0 Å². The number of benzene rings is 1. The molecule has 2 heterocycles. The van der Waals surface area contributed by atoms with Crippen LogP contribution in [0, 0.1) is 5.82 Å². The molecule has 21 heavy (non-hydrogen) atoms. The van der Waals surface area contributed by atoms with Crippen LogP contribution in [0.15, 0.2) is 28.3 Å². The summed E-state index contributed by atoms with van der Waals surface area (Å²) in [4.78, 5) is 0.699. The molecule has 1 aromatic heterocycles. The Morgan fingerprint density at radius 1 is 1.29 bits per heavy atom. The maximum absolute atomic E-state index is 13.9. The van der Waals surface area contributed by atoms with Crippen molar-refractivity contribution in [2.75, 3.05) is 0 Å². The van der Waals surface area contributed by atoms with Crippen LogP contribution in [-0.4, -0.2) is 19.9 Å². The largest absolute Gasteiger partial charge is 0.389 e. The van der Waals surface area contributed by atoms with Gasteiger partial charge in [0, 0.05) is 23.4 Å². The van der Waals surface area contributed by atoms with E-state index in [0.29, 0.717) is 10.5 Å². The molecule has 6 heteroatoms. The van der Waals surface area contributed by atoms with Gasteiger partial charge in [-0.1, -0.05) is 12.5 Å². The van der Waals surface area contributed by atoms with Crippen LogP contribution in [0.4, 0.5) is 4.39 Å². The number of aromatic nitrogens is 3. The summed E-state index contributed by atoms with van der Waals surface area (Å²) in [6.45, 7) is 2.48. The molecule has 1 aromatic carbocycles. The highest BCUT2D eigenvalue weighted by Crippen LogP contribution is 2.34. The van der Waals surface area contributed by atoms with Crippen LogP contribution in [0.25, 0.3) is 0 Å². The molecule has 0 radical (unpaired) electrons. The fourth-order valence-corrected chi connectivity index (χ4v) is 3.75. The van der Waals surface area contributed by atoms with E-state index in [-0.39, 0.29) is 5.82 Å². The smallest absolute Gasteiger partial charge is 0.196 e. The number of aliphatic hydroxyl groups excluding tert-OH is 1. The second kappa shape index (κ2) is 6.15. The van der Waals surface area contributed by atoms with Gasteiger partial charge >= 0.3 is 0 Å². The molecule has 1 atom stereocenters. The van der Waals surface area contributed by atoms with Crippen molar-refractivity contribution < 1.29 is 9.50 Å². The monoisotopic (exact) mass is 307 g/mol. The molecule has 0 bridgehead atoms. The zero-order valence-electron chi connectivity index (χ0n) is 11.9. The molecule has 3 rings (SSSR count). The number of rotatable bonds is 3. The van der Waals surface area contributed by atoms with Gasteiger partial charge in [-0.15, -0.1) is 10.2 Å². The summed E-state index contributed by atoms with van der Waals surface area (Å²) in [6.07, 6.45) is 3.55. The van der Waals surface area contributed by atoms with Crippen molar-refractivity contribution in [2.45, 2.75) is 55.3 Å². The fourth-order valence-electron chi connectivity index (χ4n) is 2.64. The number of hydrogen-bond acceptors (Lipinski definition) is 4. The third kappa shape index (κ3) is 2.96. The average Bonchev–Trinajstić information content (AvgIpc) is 2.68. The Morgan fingerprint density at radius 3 is 2.95 bits per heavy atom. The van der Waals surface area contributed by atoms with Gasteiger partial charge in [-0.3, -0.25) is 0 Å². The van der Waals surface area contributed by atoms with Crippen LogP contribution >= 0.6 is 11.8 Å². The van der Waals surface area contributed by atoms with E-state index < -0.39 is 6.10 Å². The van der Waals surface area contributed by atoms with E-state index >= 15 is 0 Å². The minimum atomic E-state index is -0.847. The fraction of sp³-hybridized carbons (Fsp3) is 0.467. The lowest BCUT2D eigenvalue weighted by atomic mass is 10.1. The Kier molecular flexibility index (Phi) is 4.26. The number of halogens is 1. The highest BCUT2D eigenvalue weighted by Gasteiger charge is 2.19. The van der Waals surface area contributed by atoms with Gasteiger partial charge in [0.1, 0.15) is 11.6 Å². The average molecular weight is 307 g/mol. The van der Waals surface area contributed by atoms with E-state index in [0.717, 1.165) is 36.8 Å². The molecule has 0 saturated heterocycles. The Labute approximate surface area is 127 Å². The topological polar surface area (TPSA) is 50.9 Å². The molecule has 0 fully saturated rings. The highest BCUT2D eigenvalue weighted by atomic mass is 32.2. The van der Waals surface area contributed by atoms with Gasteiger partial charge in [-0.25, -0.2) is 4.39 Å². The van der Waals surface area contributed by atoms with Gasteiger partial charge in [-0.05, 0) is 43.7 Å². The second-order valence-electron chi connectivity index (χ2n) is 5.29. The molecule has 0 saturated carbocycles. The predicted octanol–water partition coefficient (Wildman–Crippen LogP) is 3.35. The van der Waals surface area contributed by atoms with Crippen molar-refractivity contribution in [3.8, 4) is 0 Å². The Hall–Kier alpha value is -1.40. The van der Waals surface area contributed by atoms with Crippen LogP contribution in [0.1, 0.15) is 43.7 Å². The Balaban J connectivity index is 1.95. The molecule has 0 amide bonds. The summed E-state index contributed by atoms with van der Waals surface area (Å²) in [5.74, 6) is 0.621. The van der Waals surface area contributed by atoms with Gasteiger partial charge < -0.3 is 9.67 Å². The van der Waals surface area contributed by atoms with Crippen LogP contribution in [0.5, 0.6) is 0 Å². The van der Waals surface area contributed by atoms with Gasteiger partial charge in [0.15, 0.2) is 5.16 Å². The first-order valence-corrected chi connectivity index (χ1v) is 8.05. The SMILES string of the molecule is C[C@@H](O)c1c(F)cccc1Sc1nnc2n1CCCCC2. The molecule has 4 nitrogen and oxygen atoms in total. The van der Waals surface area contributed by atoms with Crippen LogP contribution < -0.4 is 0 Å². The van der Waals surface area contributed by atoms with Crippen LogP contribution in [0.3, 0.4) is 0 Å². The maximum atomic E-state index is 13.9. The lowest BCUT2D eigenvalue weighted by molar-refractivity contribution is 0.191. The molecule has 1 aliphatic heterocycles. The van der Waals surface area contributed by atoms with Crippen molar-refractivity contribution >= 4 is 11.8 Å². The minimum absolute atomic E-state index is 0.327. The number of aryl methyl sites for hydroxylation is 1. The third-order valence-corrected chi connectivity index (χ3v) is 4.77. The number of fused-ring (bicyclic) bond motifs is 1. The summed E-state index contributed by atoms with van der Waals surface area (Å²) in [6, 6.07) is 4.84. The molecule has 0 aliphatic carbocycles. The Morgan fingerprint density at radius 2 is 2.14 bits per heavy atom. The Bertz CT molecular complexity index is 642. The van der Waals surface area contributed by atoms with Gasteiger partial charge in [-0.2, -0.15) is 0 Å². The minimum Gasteiger partial charge on any atom is -0.389 e. The standard InChI is InChI=1S/C15H18FN3OS/c1-10(20)14-11(16)6-5-7-12(14)21-15-18-17-13-8-3-2-4-9-19(13)15/h5-7,10,20H,2-4,8-9H2,1H3/t10-/m1/s1. The predicted molar refractivity (Wildman–Crippen MR) is 78.7 cm³/mol. The van der Waals surface area contributed by atoms with Crippen molar-refractivity contribution in [3.05, 3.63) is 35.4 Å². The lowest BCUT2D eigenvalue weighted by Crippen LogP contribution is -2.03. The van der Waals surface area contributed by atoms with Gasteiger partial charge in [0.2, 0.25) is 0 Å². The molecule has 112 valence electrons. The summed E-state index contributed by atoms with van der Waals surface area (Å²) >= 11 is 1.38.